The van der Waals surface area contributed by atoms with Gasteiger partial charge in [0.2, 0.25) is 0 Å². The lowest BCUT2D eigenvalue weighted by atomic mass is 9.93. The number of allylic oxidation sites excluding steroid dienone is 1. The van der Waals surface area contributed by atoms with Crippen molar-refractivity contribution < 1.29 is 23.9 Å². The number of hydrogen-bond donors (Lipinski definition) is 1. The molecule has 2 amide bonds. The van der Waals surface area contributed by atoms with Gasteiger partial charge in [0.1, 0.15) is 0 Å². The molecule has 54 heavy (non-hydrogen) atoms. The van der Waals surface area contributed by atoms with E-state index in [0.29, 0.717) is 43.0 Å². The zero-order valence-corrected chi connectivity index (χ0v) is 34.6. The number of hydrogen-bond acceptors (Lipinski definition) is 5. The lowest BCUT2D eigenvalue weighted by molar-refractivity contribution is -0.107. The van der Waals surface area contributed by atoms with E-state index < -0.39 is 19.8 Å². The summed E-state index contributed by atoms with van der Waals surface area (Å²) in [6, 6.07) is 34.6. The Bertz CT molecular complexity index is 1840. The van der Waals surface area contributed by atoms with Crippen molar-refractivity contribution in [1.29, 1.82) is 0 Å². The minimum atomic E-state index is -1.92. The molecule has 0 radical (unpaired) electrons. The van der Waals surface area contributed by atoms with Gasteiger partial charge in [0.15, 0.2) is 19.8 Å². The lowest BCUT2D eigenvalue weighted by Gasteiger charge is -2.39. The van der Waals surface area contributed by atoms with Crippen LogP contribution in [0.25, 0.3) is 0 Å². The molecule has 6 rings (SSSR count). The van der Waals surface area contributed by atoms with Gasteiger partial charge in [-0.2, -0.15) is 0 Å². The molecular weight excluding hydrogens is 689 g/mol. The van der Waals surface area contributed by atoms with Gasteiger partial charge < -0.3 is 24.1 Å². The number of amides is 2. The quantitative estimate of drug-likeness (QED) is 0.115. The molecule has 0 aromatic heterocycles. The highest BCUT2D eigenvalue weighted by atomic mass is 28.4. The van der Waals surface area contributed by atoms with Crippen molar-refractivity contribution in [2.45, 2.75) is 90.4 Å². The number of carbonyl (C=O) groups is 2. The zero-order valence-electron chi connectivity index (χ0n) is 33.6. The largest absolute Gasteiger partial charge is 0.415 e. The molecule has 2 aliphatic rings. The molecule has 2 heterocycles. The Hall–Kier alpha value is -4.34. The lowest BCUT2D eigenvalue weighted by Crippen LogP contribution is -2.48. The van der Waals surface area contributed by atoms with E-state index in [0.717, 1.165) is 36.0 Å². The second-order valence-corrected chi connectivity index (χ2v) is 20.0. The Labute approximate surface area is 324 Å². The summed E-state index contributed by atoms with van der Waals surface area (Å²) >= 11 is 0. The normalized spacial score (nSPS) is 19.0. The summed E-state index contributed by atoms with van der Waals surface area (Å²) in [5.74, 6) is -0.0989. The molecule has 4 aromatic rings. The van der Waals surface area contributed by atoms with Crippen molar-refractivity contribution in [1.82, 2.24) is 9.80 Å². The summed E-state index contributed by atoms with van der Waals surface area (Å²) < 4.78 is 12.7. The van der Waals surface area contributed by atoms with E-state index in [1.165, 1.54) is 0 Å². The average Bonchev–Trinajstić information content (AvgIpc) is 3.55. The van der Waals surface area contributed by atoms with Crippen molar-refractivity contribution in [3.63, 3.8) is 0 Å². The number of rotatable bonds is 12. The van der Waals surface area contributed by atoms with E-state index >= 15 is 0 Å². The van der Waals surface area contributed by atoms with E-state index in [9.17, 15) is 14.7 Å². The van der Waals surface area contributed by atoms with Crippen LogP contribution in [-0.4, -0.2) is 61.3 Å². The predicted molar refractivity (Wildman–Crippen MR) is 222 cm³/mol. The van der Waals surface area contributed by atoms with Gasteiger partial charge in [-0.1, -0.05) is 145 Å². The SMILES string of the molecule is C=CCC.CC(C)(C)[Si](C)(C)OCCN1C(=O)c2ccccc2C1(O)c1ccccc1.CCCOC1(c2ccccc2)c2ccccc2C(=O)N1CCC. The molecule has 0 spiro atoms. The fourth-order valence-corrected chi connectivity index (χ4v) is 7.65. The molecular formula is C46H60N2O5Si. The Morgan fingerprint density at radius 3 is 1.69 bits per heavy atom. The van der Waals surface area contributed by atoms with E-state index in [1.807, 2.05) is 114 Å². The van der Waals surface area contributed by atoms with E-state index in [-0.39, 0.29) is 16.9 Å². The molecule has 0 aliphatic carbocycles. The summed E-state index contributed by atoms with van der Waals surface area (Å²) in [6.07, 6.45) is 4.76. The van der Waals surface area contributed by atoms with E-state index in [4.69, 9.17) is 9.16 Å². The first-order chi connectivity index (χ1) is 25.8. The Morgan fingerprint density at radius 1 is 0.685 bits per heavy atom. The molecule has 0 saturated carbocycles. The molecule has 0 bridgehead atoms. The first kappa shape index (κ1) is 42.4. The van der Waals surface area contributed by atoms with Crippen LogP contribution >= 0.6 is 0 Å². The first-order valence-corrected chi connectivity index (χ1v) is 22.2. The third-order valence-electron chi connectivity index (χ3n) is 10.5. The summed E-state index contributed by atoms with van der Waals surface area (Å²) in [7, 11) is -1.92. The van der Waals surface area contributed by atoms with Crippen LogP contribution in [0.5, 0.6) is 0 Å². The minimum Gasteiger partial charge on any atom is -0.415 e. The molecule has 2 unspecified atom stereocenters. The number of carbonyl (C=O) groups excluding carboxylic acids is 2. The average molecular weight is 749 g/mol. The Kier molecular flexibility index (Phi) is 14.4. The smallest absolute Gasteiger partial charge is 0.257 e. The van der Waals surface area contributed by atoms with Crippen molar-refractivity contribution in [2.24, 2.45) is 0 Å². The number of ether oxygens (including phenoxy) is 1. The number of fused-ring (bicyclic) bond motifs is 2. The van der Waals surface area contributed by atoms with Gasteiger partial charge in [-0.3, -0.25) is 9.59 Å². The van der Waals surface area contributed by atoms with Crippen LogP contribution in [0.4, 0.5) is 0 Å². The van der Waals surface area contributed by atoms with E-state index in [2.05, 4.69) is 61.2 Å². The molecule has 0 saturated heterocycles. The second-order valence-electron chi connectivity index (χ2n) is 15.2. The number of aliphatic hydroxyl groups is 1. The van der Waals surface area contributed by atoms with Gasteiger partial charge in [0.25, 0.3) is 11.8 Å². The Morgan fingerprint density at radius 2 is 1.17 bits per heavy atom. The van der Waals surface area contributed by atoms with Crippen molar-refractivity contribution >= 4 is 20.1 Å². The molecule has 8 heteroatoms. The van der Waals surface area contributed by atoms with Crippen molar-refractivity contribution in [2.75, 3.05) is 26.3 Å². The van der Waals surface area contributed by atoms with E-state index in [1.54, 1.807) is 11.0 Å². The summed E-state index contributed by atoms with van der Waals surface area (Å²) in [4.78, 5) is 29.5. The van der Waals surface area contributed by atoms with Crippen molar-refractivity contribution in [3.05, 3.63) is 155 Å². The van der Waals surface area contributed by atoms with Gasteiger partial charge in [0, 0.05) is 53.1 Å². The fourth-order valence-electron chi connectivity index (χ4n) is 6.61. The molecule has 2 atom stereocenters. The van der Waals surface area contributed by atoms with Crippen LogP contribution in [0.2, 0.25) is 18.1 Å². The maximum atomic E-state index is 13.1. The highest BCUT2D eigenvalue weighted by molar-refractivity contribution is 6.74. The topological polar surface area (TPSA) is 79.3 Å². The highest BCUT2D eigenvalue weighted by Crippen LogP contribution is 2.46. The minimum absolute atomic E-state index is 0.0578. The van der Waals surface area contributed by atoms with Crippen LogP contribution in [0, 0.1) is 0 Å². The predicted octanol–water partition coefficient (Wildman–Crippen LogP) is 10.1. The molecule has 7 nitrogen and oxygen atoms in total. The Balaban J connectivity index is 0.000000221. The molecule has 0 fully saturated rings. The molecule has 4 aromatic carbocycles. The van der Waals surface area contributed by atoms with Crippen molar-refractivity contribution in [3.8, 4) is 0 Å². The maximum Gasteiger partial charge on any atom is 0.257 e. The summed E-state index contributed by atoms with van der Waals surface area (Å²) in [5, 5.41) is 11.8. The van der Waals surface area contributed by atoms with Crippen LogP contribution in [0.15, 0.2) is 122 Å². The highest BCUT2D eigenvalue weighted by Gasteiger charge is 2.52. The van der Waals surface area contributed by atoms with Gasteiger partial charge in [-0.15, -0.1) is 6.58 Å². The maximum absolute atomic E-state index is 13.1. The van der Waals surface area contributed by atoms with Gasteiger partial charge in [-0.25, -0.2) is 0 Å². The standard InChI is InChI=1S/C22H29NO3Si.C20H23NO2.C4H8/c1-21(2,3)27(4,5)26-16-15-23-20(24)18-13-9-10-14-19(18)22(23,25)17-11-7-6-8-12-17;1-3-14-21-19(22)17-12-8-9-13-18(17)20(21,23-15-4-2)16-10-6-5-7-11-16;1-3-4-2/h6-14,25H,15-16H2,1-5H3;5-13H,3-4,14-15H2,1-2H3;3H,1,4H2,2H3. The molecule has 288 valence electrons. The number of benzene rings is 4. The third kappa shape index (κ3) is 8.47. The van der Waals surface area contributed by atoms with Crippen LogP contribution in [-0.2, 0) is 20.6 Å². The third-order valence-corrected chi connectivity index (χ3v) is 15.0. The van der Waals surface area contributed by atoms with Crippen LogP contribution < -0.4 is 0 Å². The second kappa shape index (κ2) is 18.3. The summed E-state index contributed by atoms with van der Waals surface area (Å²) in [6.45, 7) is 22.7. The summed E-state index contributed by atoms with van der Waals surface area (Å²) in [5.41, 5.74) is 2.33. The number of nitrogens with zero attached hydrogens (tertiary/aromatic N) is 2. The van der Waals surface area contributed by atoms with Crippen LogP contribution in [0.3, 0.4) is 0 Å². The van der Waals surface area contributed by atoms with Gasteiger partial charge in [-0.05, 0) is 49.5 Å². The first-order valence-electron chi connectivity index (χ1n) is 19.3. The fraction of sp³-hybridized carbons (Fsp3) is 0.391. The zero-order chi connectivity index (χ0) is 39.6. The monoisotopic (exact) mass is 748 g/mol. The van der Waals surface area contributed by atoms with Crippen LogP contribution in [0.1, 0.15) is 104 Å². The van der Waals surface area contributed by atoms with Gasteiger partial charge in [0.05, 0.1) is 6.61 Å². The van der Waals surface area contributed by atoms with Gasteiger partial charge >= 0.3 is 0 Å². The molecule has 1 N–H and O–H groups in total. The molecule has 2 aliphatic heterocycles.